The Morgan fingerprint density at radius 1 is 0.966 bits per heavy atom. The van der Waals surface area contributed by atoms with Gasteiger partial charge in [0.1, 0.15) is 17.0 Å². The Bertz CT molecular complexity index is 1160. The first kappa shape index (κ1) is 18.8. The van der Waals surface area contributed by atoms with E-state index in [1.807, 2.05) is 6.07 Å². The van der Waals surface area contributed by atoms with Gasteiger partial charge < -0.3 is 14.9 Å². The second kappa shape index (κ2) is 6.41. The number of carbonyl (C=O) groups is 1. The van der Waals surface area contributed by atoms with Gasteiger partial charge in [-0.1, -0.05) is 70.0 Å². The summed E-state index contributed by atoms with van der Waals surface area (Å²) in [6.07, 6.45) is 0.00720. The molecule has 0 saturated heterocycles. The molecular formula is C23H16BrClO4. The van der Waals surface area contributed by atoms with E-state index < -0.39 is 23.1 Å². The Hall–Kier alpha value is -2.18. The standard InChI is InChI=1S/C23H16BrClO4/c24-13-9-10-16-17(11-13)22(27)12-18(21(26)29-20-8-4-3-7-19(20)25)23(16,28)15-6-2-1-5-14(15)22/h1-11,18,27-28H,12H2. The van der Waals surface area contributed by atoms with Gasteiger partial charge in [0.2, 0.25) is 0 Å². The lowest BCUT2D eigenvalue weighted by atomic mass is 9.54. The number of ether oxygens (including phenoxy) is 1. The minimum absolute atomic E-state index is 0.00720. The molecule has 0 amide bonds. The molecule has 6 heteroatoms. The van der Waals surface area contributed by atoms with Gasteiger partial charge in [-0.3, -0.25) is 4.79 Å². The molecule has 0 aliphatic heterocycles. The summed E-state index contributed by atoms with van der Waals surface area (Å²) in [5.74, 6) is -1.41. The summed E-state index contributed by atoms with van der Waals surface area (Å²) in [6.45, 7) is 0. The number of carbonyl (C=O) groups excluding carboxylic acids is 1. The van der Waals surface area contributed by atoms with Crippen LogP contribution in [0.3, 0.4) is 0 Å². The highest BCUT2D eigenvalue weighted by atomic mass is 79.9. The van der Waals surface area contributed by atoms with Crippen LogP contribution in [0, 0.1) is 5.92 Å². The molecule has 0 heterocycles. The highest BCUT2D eigenvalue weighted by molar-refractivity contribution is 9.10. The van der Waals surface area contributed by atoms with Crippen molar-refractivity contribution in [3.8, 4) is 5.75 Å². The average molecular weight is 472 g/mol. The van der Waals surface area contributed by atoms with Gasteiger partial charge in [-0.25, -0.2) is 0 Å². The van der Waals surface area contributed by atoms with E-state index >= 15 is 0 Å². The maximum Gasteiger partial charge on any atom is 0.318 e. The van der Waals surface area contributed by atoms with Crippen LogP contribution >= 0.6 is 27.5 Å². The molecule has 0 aromatic heterocycles. The van der Waals surface area contributed by atoms with E-state index in [4.69, 9.17) is 16.3 Å². The maximum absolute atomic E-state index is 13.2. The molecule has 6 rings (SSSR count). The molecule has 146 valence electrons. The zero-order valence-electron chi connectivity index (χ0n) is 15.1. The van der Waals surface area contributed by atoms with Gasteiger partial charge in [0.25, 0.3) is 0 Å². The smallest absolute Gasteiger partial charge is 0.318 e. The molecule has 0 saturated carbocycles. The van der Waals surface area contributed by atoms with Crippen LogP contribution in [0.4, 0.5) is 0 Å². The molecule has 3 aromatic carbocycles. The molecule has 2 bridgehead atoms. The monoisotopic (exact) mass is 470 g/mol. The van der Waals surface area contributed by atoms with Gasteiger partial charge in [-0.15, -0.1) is 0 Å². The third kappa shape index (κ3) is 2.55. The van der Waals surface area contributed by atoms with Crippen molar-refractivity contribution in [3.05, 3.63) is 98.5 Å². The first-order valence-corrected chi connectivity index (χ1v) is 10.3. The summed E-state index contributed by atoms with van der Waals surface area (Å²) >= 11 is 9.57. The van der Waals surface area contributed by atoms with Crippen molar-refractivity contribution in [2.45, 2.75) is 17.6 Å². The fourth-order valence-corrected chi connectivity index (χ4v) is 5.19. The maximum atomic E-state index is 13.2. The third-order valence-electron chi connectivity index (χ3n) is 5.96. The van der Waals surface area contributed by atoms with Gasteiger partial charge in [0.15, 0.2) is 0 Å². The Kier molecular flexibility index (Phi) is 4.16. The van der Waals surface area contributed by atoms with Gasteiger partial charge in [-0.2, -0.15) is 0 Å². The SMILES string of the molecule is O=C(Oc1ccccc1Cl)C1CC2(O)c3ccccc3C1(O)c1ccc(Br)cc12. The molecule has 0 radical (unpaired) electrons. The van der Waals surface area contributed by atoms with Crippen molar-refractivity contribution >= 4 is 33.5 Å². The Morgan fingerprint density at radius 2 is 1.62 bits per heavy atom. The van der Waals surface area contributed by atoms with Crippen molar-refractivity contribution in [2.24, 2.45) is 5.92 Å². The van der Waals surface area contributed by atoms with Gasteiger partial charge in [0, 0.05) is 10.9 Å². The minimum atomic E-state index is -1.62. The largest absolute Gasteiger partial charge is 0.425 e. The van der Waals surface area contributed by atoms with E-state index in [2.05, 4.69) is 15.9 Å². The molecule has 3 atom stereocenters. The zero-order valence-corrected chi connectivity index (χ0v) is 17.4. The number of fused-ring (bicyclic) bond motifs is 1. The second-order valence-electron chi connectivity index (χ2n) is 7.47. The lowest BCUT2D eigenvalue weighted by Gasteiger charge is -2.53. The van der Waals surface area contributed by atoms with Crippen LogP contribution in [0.2, 0.25) is 5.02 Å². The Balaban J connectivity index is 1.68. The van der Waals surface area contributed by atoms with Crippen molar-refractivity contribution < 1.29 is 19.7 Å². The van der Waals surface area contributed by atoms with Crippen molar-refractivity contribution in [1.29, 1.82) is 0 Å². The predicted octanol–water partition coefficient (Wildman–Crippen LogP) is 4.51. The summed E-state index contributed by atoms with van der Waals surface area (Å²) in [5, 5.41) is 24.0. The summed E-state index contributed by atoms with van der Waals surface area (Å²) in [5.41, 5.74) is -0.802. The number of hydrogen-bond donors (Lipinski definition) is 2. The number of esters is 1. The van der Waals surface area contributed by atoms with Crippen LogP contribution in [0.15, 0.2) is 71.2 Å². The molecule has 3 aliphatic rings. The first-order valence-electron chi connectivity index (χ1n) is 9.17. The van der Waals surface area contributed by atoms with E-state index in [1.54, 1.807) is 60.7 Å². The van der Waals surface area contributed by atoms with Crippen molar-refractivity contribution in [2.75, 3.05) is 0 Å². The van der Waals surface area contributed by atoms with E-state index in [1.165, 1.54) is 0 Å². The van der Waals surface area contributed by atoms with Crippen LogP contribution in [-0.2, 0) is 16.0 Å². The van der Waals surface area contributed by atoms with E-state index in [9.17, 15) is 15.0 Å². The first-order chi connectivity index (χ1) is 13.9. The van der Waals surface area contributed by atoms with Crippen LogP contribution in [-0.4, -0.2) is 16.2 Å². The number of rotatable bonds is 2. The van der Waals surface area contributed by atoms with Crippen LogP contribution in [0.5, 0.6) is 5.75 Å². The molecule has 3 aromatic rings. The number of hydrogen-bond acceptors (Lipinski definition) is 4. The number of benzene rings is 3. The summed E-state index contributed by atoms with van der Waals surface area (Å²) in [7, 11) is 0. The molecular weight excluding hydrogens is 456 g/mol. The fourth-order valence-electron chi connectivity index (χ4n) is 4.66. The van der Waals surface area contributed by atoms with Gasteiger partial charge >= 0.3 is 5.97 Å². The highest BCUT2D eigenvalue weighted by Crippen LogP contribution is 2.60. The molecule has 0 spiro atoms. The van der Waals surface area contributed by atoms with Crippen molar-refractivity contribution in [3.63, 3.8) is 0 Å². The predicted molar refractivity (Wildman–Crippen MR) is 112 cm³/mol. The highest BCUT2D eigenvalue weighted by Gasteiger charge is 2.62. The minimum Gasteiger partial charge on any atom is -0.425 e. The quantitative estimate of drug-likeness (QED) is 0.426. The summed E-state index contributed by atoms with van der Waals surface area (Å²) in [6, 6.07) is 19.2. The number of para-hydroxylation sites is 1. The number of halogens is 2. The molecule has 0 fully saturated rings. The molecule has 3 aliphatic carbocycles. The van der Waals surface area contributed by atoms with E-state index in [-0.39, 0.29) is 12.2 Å². The van der Waals surface area contributed by atoms with Crippen molar-refractivity contribution in [1.82, 2.24) is 0 Å². The topological polar surface area (TPSA) is 66.8 Å². The lowest BCUT2D eigenvalue weighted by molar-refractivity contribution is -0.157. The molecule has 29 heavy (non-hydrogen) atoms. The normalized spacial score (nSPS) is 26.6. The lowest BCUT2D eigenvalue weighted by Crippen LogP contribution is -2.57. The van der Waals surface area contributed by atoms with E-state index in [0.717, 1.165) is 4.47 Å². The third-order valence-corrected chi connectivity index (χ3v) is 6.76. The molecule has 2 N–H and O–H groups in total. The number of aliphatic hydroxyl groups is 2. The molecule has 4 nitrogen and oxygen atoms in total. The van der Waals surface area contributed by atoms with Gasteiger partial charge in [-0.05, 0) is 46.5 Å². The summed E-state index contributed by atoms with van der Waals surface area (Å²) in [4.78, 5) is 13.2. The second-order valence-corrected chi connectivity index (χ2v) is 8.79. The average Bonchev–Trinajstić information content (AvgIpc) is 2.71. The van der Waals surface area contributed by atoms with Crippen LogP contribution in [0.1, 0.15) is 28.7 Å². The Morgan fingerprint density at radius 3 is 2.38 bits per heavy atom. The summed E-state index contributed by atoms with van der Waals surface area (Å²) < 4.78 is 6.34. The van der Waals surface area contributed by atoms with Gasteiger partial charge in [0.05, 0.1) is 10.9 Å². The molecule has 3 unspecified atom stereocenters. The fraction of sp³-hybridized carbons (Fsp3) is 0.174. The zero-order chi connectivity index (χ0) is 20.4. The van der Waals surface area contributed by atoms with E-state index in [0.29, 0.717) is 27.3 Å². The van der Waals surface area contributed by atoms with Crippen LogP contribution in [0.25, 0.3) is 0 Å². The van der Waals surface area contributed by atoms with Crippen LogP contribution < -0.4 is 4.74 Å². The Labute approximate surface area is 180 Å².